The van der Waals surface area contributed by atoms with Crippen molar-refractivity contribution in [3.63, 3.8) is 0 Å². The molecule has 0 amide bonds. The van der Waals surface area contributed by atoms with Gasteiger partial charge in [0.15, 0.2) is 0 Å². The zero-order valence-corrected chi connectivity index (χ0v) is 7.05. The van der Waals surface area contributed by atoms with Gasteiger partial charge in [0, 0.05) is 12.0 Å². The molecule has 3 unspecified atom stereocenters. The van der Waals surface area contributed by atoms with Crippen LogP contribution in [0.3, 0.4) is 0 Å². The van der Waals surface area contributed by atoms with Crippen molar-refractivity contribution in [1.29, 1.82) is 0 Å². The lowest BCUT2D eigenvalue weighted by Crippen LogP contribution is -2.24. The maximum absolute atomic E-state index is 9.64. The van der Waals surface area contributed by atoms with Crippen LogP contribution < -0.4 is 0 Å². The third-order valence-corrected chi connectivity index (χ3v) is 3.31. The summed E-state index contributed by atoms with van der Waals surface area (Å²) in [5.74, 6) is 0.782. The van der Waals surface area contributed by atoms with E-state index in [0.29, 0.717) is 0 Å². The fraction of sp³-hybridized carbons (Fsp3) is 1.00. The van der Waals surface area contributed by atoms with Crippen LogP contribution in [0.15, 0.2) is 0 Å². The molecule has 2 heteroatoms. The van der Waals surface area contributed by atoms with Crippen LogP contribution in [-0.2, 0) is 4.74 Å². The van der Waals surface area contributed by atoms with Gasteiger partial charge in [0.2, 0.25) is 0 Å². The molecule has 2 nitrogen and oxygen atoms in total. The van der Waals surface area contributed by atoms with Crippen molar-refractivity contribution in [2.24, 2.45) is 11.3 Å². The Morgan fingerprint density at radius 1 is 1.55 bits per heavy atom. The van der Waals surface area contributed by atoms with Gasteiger partial charge >= 0.3 is 0 Å². The van der Waals surface area contributed by atoms with Crippen LogP contribution in [0, 0.1) is 11.3 Å². The second kappa shape index (κ2) is 2.46. The minimum absolute atomic E-state index is 0.0703. The number of hydrogen-bond donors (Lipinski definition) is 1. The summed E-state index contributed by atoms with van der Waals surface area (Å²) in [7, 11) is 0. The number of fused-ring (bicyclic) bond motifs is 1. The van der Waals surface area contributed by atoms with Crippen LogP contribution in [-0.4, -0.2) is 24.4 Å². The first-order valence-corrected chi connectivity index (χ1v) is 4.55. The van der Waals surface area contributed by atoms with Crippen molar-refractivity contribution in [1.82, 2.24) is 0 Å². The lowest BCUT2D eigenvalue weighted by Gasteiger charge is -2.17. The molecule has 0 aliphatic heterocycles. The molecule has 0 heterocycles. The van der Waals surface area contributed by atoms with Crippen molar-refractivity contribution in [3.8, 4) is 0 Å². The number of ether oxygens (including phenoxy) is 1. The largest absolute Gasteiger partial charge is 0.392 e. The molecule has 0 aromatic heterocycles. The topological polar surface area (TPSA) is 29.5 Å². The van der Waals surface area contributed by atoms with E-state index in [1.165, 1.54) is 12.8 Å². The molecule has 2 rings (SSSR count). The highest BCUT2D eigenvalue weighted by Crippen LogP contribution is 2.63. The molecule has 0 bridgehead atoms. The summed E-state index contributed by atoms with van der Waals surface area (Å²) in [5.41, 5.74) is 0.204. The molecule has 0 aromatic rings. The summed E-state index contributed by atoms with van der Waals surface area (Å²) >= 11 is 0. The van der Waals surface area contributed by atoms with E-state index in [1.807, 2.05) is 6.92 Å². The molecule has 0 saturated heterocycles. The van der Waals surface area contributed by atoms with E-state index >= 15 is 0 Å². The molecule has 0 spiro atoms. The zero-order valence-electron chi connectivity index (χ0n) is 7.05. The highest BCUT2D eigenvalue weighted by atomic mass is 16.5. The normalized spacial score (nSPS) is 47.5. The highest BCUT2D eigenvalue weighted by Gasteiger charge is 2.62. The fourth-order valence-electron chi connectivity index (χ4n) is 2.41. The lowest BCUT2D eigenvalue weighted by molar-refractivity contribution is 0.0249. The van der Waals surface area contributed by atoms with Gasteiger partial charge in [0.25, 0.3) is 0 Å². The smallest absolute Gasteiger partial charge is 0.0621 e. The van der Waals surface area contributed by atoms with E-state index < -0.39 is 0 Å². The quantitative estimate of drug-likeness (QED) is 0.665. The Bertz CT molecular complexity index is 158. The third kappa shape index (κ3) is 1.00. The minimum atomic E-state index is -0.0703. The first-order valence-electron chi connectivity index (χ1n) is 4.55. The molecule has 1 N–H and O–H groups in total. The minimum Gasteiger partial charge on any atom is -0.392 e. The van der Waals surface area contributed by atoms with Crippen LogP contribution in [0.2, 0.25) is 0 Å². The molecular weight excluding hydrogens is 140 g/mol. The van der Waals surface area contributed by atoms with Crippen LogP contribution in [0.4, 0.5) is 0 Å². The van der Waals surface area contributed by atoms with E-state index in [1.54, 1.807) is 0 Å². The first kappa shape index (κ1) is 7.56. The second-order valence-corrected chi connectivity index (χ2v) is 3.86. The van der Waals surface area contributed by atoms with E-state index in [-0.39, 0.29) is 11.5 Å². The molecule has 2 saturated carbocycles. The molecule has 2 aliphatic rings. The molecule has 3 atom stereocenters. The van der Waals surface area contributed by atoms with Crippen LogP contribution in [0.1, 0.15) is 26.2 Å². The summed E-state index contributed by atoms with van der Waals surface area (Å²) in [6.07, 6.45) is 3.35. The van der Waals surface area contributed by atoms with Crippen molar-refractivity contribution in [3.05, 3.63) is 0 Å². The van der Waals surface area contributed by atoms with Gasteiger partial charge in [-0.25, -0.2) is 0 Å². The molecule has 2 fully saturated rings. The van der Waals surface area contributed by atoms with E-state index in [2.05, 4.69) is 0 Å². The van der Waals surface area contributed by atoms with E-state index in [0.717, 1.165) is 25.6 Å². The molecule has 11 heavy (non-hydrogen) atoms. The van der Waals surface area contributed by atoms with Crippen molar-refractivity contribution in [2.75, 3.05) is 13.2 Å². The number of hydrogen-bond acceptors (Lipinski definition) is 2. The monoisotopic (exact) mass is 156 g/mol. The van der Waals surface area contributed by atoms with E-state index in [4.69, 9.17) is 4.74 Å². The molecule has 0 radical (unpaired) electrons. The van der Waals surface area contributed by atoms with Gasteiger partial charge in [-0.3, -0.25) is 0 Å². The standard InChI is InChI=1S/C9H16O2/c1-2-11-6-9-5-7(9)3-4-8(9)10/h7-8,10H,2-6H2,1H3. The summed E-state index contributed by atoms with van der Waals surface area (Å²) in [4.78, 5) is 0. The van der Waals surface area contributed by atoms with Gasteiger partial charge in [-0.2, -0.15) is 0 Å². The van der Waals surface area contributed by atoms with Crippen molar-refractivity contribution >= 4 is 0 Å². The molecule has 2 aliphatic carbocycles. The molecule has 0 aromatic carbocycles. The van der Waals surface area contributed by atoms with Crippen molar-refractivity contribution in [2.45, 2.75) is 32.3 Å². The first-order chi connectivity index (χ1) is 5.29. The SMILES string of the molecule is CCOCC12CC1CCC2O. The summed E-state index contributed by atoms with van der Waals surface area (Å²) in [6, 6.07) is 0. The summed E-state index contributed by atoms with van der Waals surface area (Å²) in [5, 5.41) is 9.64. The Kier molecular flexibility index (Phi) is 1.69. The van der Waals surface area contributed by atoms with Crippen LogP contribution in [0.25, 0.3) is 0 Å². The summed E-state index contributed by atoms with van der Waals surface area (Å²) < 4.78 is 5.37. The maximum Gasteiger partial charge on any atom is 0.0621 e. The Morgan fingerprint density at radius 2 is 2.36 bits per heavy atom. The number of aliphatic hydroxyl groups excluding tert-OH is 1. The predicted octanol–water partition coefficient (Wildman–Crippen LogP) is 1.18. The Morgan fingerprint density at radius 3 is 2.82 bits per heavy atom. The molecular formula is C9H16O2. The van der Waals surface area contributed by atoms with Gasteiger partial charge < -0.3 is 9.84 Å². The zero-order chi connectivity index (χ0) is 7.90. The fourth-order valence-corrected chi connectivity index (χ4v) is 2.41. The van der Waals surface area contributed by atoms with Gasteiger partial charge in [0.1, 0.15) is 0 Å². The van der Waals surface area contributed by atoms with Crippen LogP contribution in [0.5, 0.6) is 0 Å². The Labute approximate surface area is 67.6 Å². The molecule has 64 valence electrons. The van der Waals surface area contributed by atoms with Gasteiger partial charge in [-0.05, 0) is 32.1 Å². The average Bonchev–Trinajstić information content (AvgIpc) is 2.65. The van der Waals surface area contributed by atoms with Gasteiger partial charge in [-0.15, -0.1) is 0 Å². The van der Waals surface area contributed by atoms with Gasteiger partial charge in [-0.1, -0.05) is 0 Å². The highest BCUT2D eigenvalue weighted by molar-refractivity contribution is 5.11. The lowest BCUT2D eigenvalue weighted by atomic mass is 10.0. The third-order valence-electron chi connectivity index (χ3n) is 3.31. The Hall–Kier alpha value is -0.0800. The maximum atomic E-state index is 9.64. The Balaban J connectivity index is 1.91. The second-order valence-electron chi connectivity index (χ2n) is 3.86. The summed E-state index contributed by atoms with van der Waals surface area (Å²) in [6.45, 7) is 3.58. The van der Waals surface area contributed by atoms with Crippen LogP contribution >= 0.6 is 0 Å². The predicted molar refractivity (Wildman–Crippen MR) is 42.3 cm³/mol. The van der Waals surface area contributed by atoms with E-state index in [9.17, 15) is 5.11 Å². The number of aliphatic hydroxyl groups is 1. The average molecular weight is 156 g/mol. The number of rotatable bonds is 3. The van der Waals surface area contributed by atoms with Crippen molar-refractivity contribution < 1.29 is 9.84 Å². The van der Waals surface area contributed by atoms with Gasteiger partial charge in [0.05, 0.1) is 12.7 Å².